The summed E-state index contributed by atoms with van der Waals surface area (Å²) in [6.07, 6.45) is 5.84. The number of nitrogens with one attached hydrogen (secondary N) is 2. The van der Waals surface area contributed by atoms with Crippen LogP contribution in [-0.4, -0.2) is 28.0 Å². The summed E-state index contributed by atoms with van der Waals surface area (Å²) in [4.78, 5) is 12.0. The SMILES string of the molecule is Cc1cc(Nc2ncc(CN3CCCCC3)c(Nc3ccccc3)n2)cc(C)c1C. The molecule has 0 bridgehead atoms. The number of hydrogen-bond donors (Lipinski definition) is 2. The molecule has 0 spiro atoms. The molecular weight excluding hydrogens is 370 g/mol. The molecule has 1 aliphatic heterocycles. The van der Waals surface area contributed by atoms with Crippen LogP contribution in [0.2, 0.25) is 0 Å². The molecule has 0 aliphatic carbocycles. The first-order valence-electron chi connectivity index (χ1n) is 10.8. The maximum absolute atomic E-state index is 4.85. The molecule has 4 rings (SSSR count). The predicted molar refractivity (Wildman–Crippen MR) is 125 cm³/mol. The Labute approximate surface area is 179 Å². The highest BCUT2D eigenvalue weighted by Crippen LogP contribution is 2.25. The van der Waals surface area contributed by atoms with Gasteiger partial charge in [-0.1, -0.05) is 24.6 Å². The van der Waals surface area contributed by atoms with E-state index in [1.165, 1.54) is 36.0 Å². The van der Waals surface area contributed by atoms with Gasteiger partial charge in [-0.15, -0.1) is 0 Å². The minimum absolute atomic E-state index is 0.610. The number of rotatable bonds is 6. The third-order valence-corrected chi connectivity index (χ3v) is 5.93. The number of piperidine rings is 1. The van der Waals surface area contributed by atoms with Gasteiger partial charge >= 0.3 is 0 Å². The Kier molecular flexibility index (Phi) is 6.29. The molecule has 0 atom stereocenters. The van der Waals surface area contributed by atoms with Crippen molar-refractivity contribution in [3.63, 3.8) is 0 Å². The maximum Gasteiger partial charge on any atom is 0.229 e. The van der Waals surface area contributed by atoms with Crippen molar-refractivity contribution in [3.05, 3.63) is 70.9 Å². The van der Waals surface area contributed by atoms with Gasteiger partial charge in [-0.2, -0.15) is 4.98 Å². The average molecular weight is 402 g/mol. The molecule has 1 fully saturated rings. The number of aromatic nitrogens is 2. The lowest BCUT2D eigenvalue weighted by Crippen LogP contribution is -2.29. The van der Waals surface area contributed by atoms with Crippen molar-refractivity contribution in [1.29, 1.82) is 0 Å². The van der Waals surface area contributed by atoms with Gasteiger partial charge in [0.25, 0.3) is 0 Å². The van der Waals surface area contributed by atoms with Crippen LogP contribution in [0.4, 0.5) is 23.1 Å². The third-order valence-electron chi connectivity index (χ3n) is 5.93. The first-order chi connectivity index (χ1) is 14.6. The molecule has 0 amide bonds. The monoisotopic (exact) mass is 401 g/mol. The fourth-order valence-corrected chi connectivity index (χ4v) is 3.94. The minimum atomic E-state index is 0.610. The number of benzene rings is 2. The van der Waals surface area contributed by atoms with E-state index in [1.807, 2.05) is 24.4 Å². The van der Waals surface area contributed by atoms with E-state index in [9.17, 15) is 0 Å². The number of aryl methyl sites for hydroxylation is 2. The highest BCUT2D eigenvalue weighted by Gasteiger charge is 2.15. The number of para-hydroxylation sites is 1. The Morgan fingerprint density at radius 3 is 2.27 bits per heavy atom. The molecule has 5 heteroatoms. The number of likely N-dealkylation sites (tertiary alicyclic amines) is 1. The zero-order valence-electron chi connectivity index (χ0n) is 18.2. The van der Waals surface area contributed by atoms with Crippen LogP contribution in [0.5, 0.6) is 0 Å². The summed E-state index contributed by atoms with van der Waals surface area (Å²) in [7, 11) is 0. The van der Waals surface area contributed by atoms with Crippen molar-refractivity contribution in [3.8, 4) is 0 Å². The lowest BCUT2D eigenvalue weighted by molar-refractivity contribution is 0.221. The highest BCUT2D eigenvalue weighted by atomic mass is 15.2. The number of nitrogens with zero attached hydrogens (tertiary/aromatic N) is 3. The van der Waals surface area contributed by atoms with Gasteiger partial charge in [0.1, 0.15) is 5.82 Å². The maximum atomic E-state index is 4.85. The summed E-state index contributed by atoms with van der Waals surface area (Å²) in [5.41, 5.74) is 7.03. The van der Waals surface area contributed by atoms with Gasteiger partial charge in [0.2, 0.25) is 5.95 Å². The second-order valence-electron chi connectivity index (χ2n) is 8.26. The van der Waals surface area contributed by atoms with Crippen molar-refractivity contribution in [2.45, 2.75) is 46.6 Å². The van der Waals surface area contributed by atoms with Gasteiger partial charge in [0, 0.05) is 29.7 Å². The van der Waals surface area contributed by atoms with Gasteiger partial charge < -0.3 is 10.6 Å². The van der Waals surface area contributed by atoms with Crippen LogP contribution in [0.3, 0.4) is 0 Å². The summed E-state index contributed by atoms with van der Waals surface area (Å²) in [6.45, 7) is 9.59. The Balaban J connectivity index is 1.61. The summed E-state index contributed by atoms with van der Waals surface area (Å²) >= 11 is 0. The van der Waals surface area contributed by atoms with Crippen LogP contribution in [0.1, 0.15) is 41.5 Å². The normalized spacial score (nSPS) is 14.5. The van der Waals surface area contributed by atoms with Gasteiger partial charge in [-0.3, -0.25) is 4.90 Å². The summed E-state index contributed by atoms with van der Waals surface area (Å²) < 4.78 is 0. The molecule has 0 radical (unpaired) electrons. The Hall–Kier alpha value is -2.92. The smallest absolute Gasteiger partial charge is 0.229 e. The average Bonchev–Trinajstić information content (AvgIpc) is 2.75. The van der Waals surface area contributed by atoms with Crippen molar-refractivity contribution in [2.24, 2.45) is 0 Å². The molecule has 156 valence electrons. The highest BCUT2D eigenvalue weighted by molar-refractivity contribution is 5.63. The molecule has 2 N–H and O–H groups in total. The molecule has 2 aromatic carbocycles. The quantitative estimate of drug-likeness (QED) is 0.540. The van der Waals surface area contributed by atoms with E-state index in [0.717, 1.165) is 42.4 Å². The molecular formula is C25H31N5. The molecule has 1 saturated heterocycles. The van der Waals surface area contributed by atoms with Crippen LogP contribution >= 0.6 is 0 Å². The standard InChI is InChI=1S/C25H31N5/c1-18-14-23(15-19(2)20(18)3)28-25-26-16-21(17-30-12-8-5-9-13-30)24(29-25)27-22-10-6-4-7-11-22/h4,6-7,10-11,14-16H,5,8-9,12-13,17H2,1-3H3,(H2,26,27,28,29). The van der Waals surface area contributed by atoms with Crippen LogP contribution in [-0.2, 0) is 6.54 Å². The molecule has 0 unspecified atom stereocenters. The zero-order chi connectivity index (χ0) is 20.9. The van der Waals surface area contributed by atoms with E-state index in [2.05, 4.69) is 65.6 Å². The van der Waals surface area contributed by atoms with E-state index < -0.39 is 0 Å². The third kappa shape index (κ3) is 4.97. The fourth-order valence-electron chi connectivity index (χ4n) is 3.94. The Morgan fingerprint density at radius 2 is 1.57 bits per heavy atom. The molecule has 3 aromatic rings. The topological polar surface area (TPSA) is 53.1 Å². The van der Waals surface area contributed by atoms with Crippen molar-refractivity contribution in [2.75, 3.05) is 23.7 Å². The largest absolute Gasteiger partial charge is 0.340 e. The van der Waals surface area contributed by atoms with Gasteiger partial charge in [-0.25, -0.2) is 4.98 Å². The van der Waals surface area contributed by atoms with E-state index in [-0.39, 0.29) is 0 Å². The van der Waals surface area contributed by atoms with Crippen LogP contribution in [0.25, 0.3) is 0 Å². The Morgan fingerprint density at radius 1 is 0.867 bits per heavy atom. The predicted octanol–water partition coefficient (Wildman–Crippen LogP) is 5.87. The molecule has 30 heavy (non-hydrogen) atoms. The second kappa shape index (κ2) is 9.26. The summed E-state index contributed by atoms with van der Waals surface area (Å²) in [5.74, 6) is 1.48. The second-order valence-corrected chi connectivity index (χ2v) is 8.26. The fraction of sp³-hybridized carbons (Fsp3) is 0.360. The lowest BCUT2D eigenvalue weighted by atomic mass is 10.0. The van der Waals surface area contributed by atoms with E-state index >= 15 is 0 Å². The number of anilines is 4. The van der Waals surface area contributed by atoms with Crippen molar-refractivity contribution < 1.29 is 0 Å². The lowest BCUT2D eigenvalue weighted by Gasteiger charge is -2.27. The zero-order valence-corrected chi connectivity index (χ0v) is 18.2. The van der Waals surface area contributed by atoms with Crippen molar-refractivity contribution in [1.82, 2.24) is 14.9 Å². The van der Waals surface area contributed by atoms with Crippen LogP contribution < -0.4 is 10.6 Å². The van der Waals surface area contributed by atoms with Crippen LogP contribution in [0.15, 0.2) is 48.7 Å². The minimum Gasteiger partial charge on any atom is -0.340 e. The first kappa shape index (κ1) is 20.4. The molecule has 5 nitrogen and oxygen atoms in total. The van der Waals surface area contributed by atoms with E-state index in [1.54, 1.807) is 0 Å². The van der Waals surface area contributed by atoms with Gasteiger partial charge in [0.15, 0.2) is 0 Å². The van der Waals surface area contributed by atoms with Gasteiger partial charge in [0.05, 0.1) is 0 Å². The molecule has 2 heterocycles. The molecule has 1 aromatic heterocycles. The van der Waals surface area contributed by atoms with Crippen LogP contribution in [0, 0.1) is 20.8 Å². The molecule has 1 aliphatic rings. The molecule has 0 saturated carbocycles. The summed E-state index contributed by atoms with van der Waals surface area (Å²) in [5, 5.41) is 6.90. The summed E-state index contributed by atoms with van der Waals surface area (Å²) in [6, 6.07) is 14.5. The van der Waals surface area contributed by atoms with Crippen molar-refractivity contribution >= 4 is 23.1 Å². The number of hydrogen-bond acceptors (Lipinski definition) is 5. The van der Waals surface area contributed by atoms with E-state index in [4.69, 9.17) is 4.98 Å². The Bertz CT molecular complexity index is 971. The van der Waals surface area contributed by atoms with E-state index in [0.29, 0.717) is 5.95 Å². The van der Waals surface area contributed by atoms with Gasteiger partial charge in [-0.05, 0) is 87.7 Å². The first-order valence-corrected chi connectivity index (χ1v) is 10.8.